The molecule has 1 amide bonds. The van der Waals surface area contributed by atoms with Crippen LogP contribution in [0.15, 0.2) is 36.4 Å². The normalized spacial score (nSPS) is 10.9. The van der Waals surface area contributed by atoms with Gasteiger partial charge in [-0.25, -0.2) is 13.8 Å². The van der Waals surface area contributed by atoms with Gasteiger partial charge in [0, 0.05) is 18.7 Å². The van der Waals surface area contributed by atoms with Crippen molar-refractivity contribution in [3.05, 3.63) is 53.6 Å². The van der Waals surface area contributed by atoms with Crippen molar-refractivity contribution in [1.82, 2.24) is 9.88 Å². The molecule has 168 valence electrons. The summed E-state index contributed by atoms with van der Waals surface area (Å²) in [6.45, 7) is 9.30. The highest BCUT2D eigenvalue weighted by Gasteiger charge is 2.23. The molecule has 0 aliphatic rings. The van der Waals surface area contributed by atoms with E-state index in [2.05, 4.69) is 23.7 Å². The van der Waals surface area contributed by atoms with Crippen LogP contribution in [0.1, 0.15) is 31.1 Å². The van der Waals surface area contributed by atoms with Gasteiger partial charge in [-0.3, -0.25) is 9.69 Å². The molecule has 0 saturated heterocycles. The number of anilines is 1. The summed E-state index contributed by atoms with van der Waals surface area (Å²) in [5.41, 5.74) is 0.840. The maximum absolute atomic E-state index is 13.7. The van der Waals surface area contributed by atoms with Crippen LogP contribution >= 0.6 is 23.7 Å². The lowest BCUT2D eigenvalue weighted by Gasteiger charge is -2.24. The average Bonchev–Trinajstić information content (AvgIpc) is 3.16. The monoisotopic (exact) mass is 469 g/mol. The molecule has 3 aromatic rings. The quantitative estimate of drug-likeness (QED) is 0.422. The van der Waals surface area contributed by atoms with E-state index in [9.17, 15) is 13.6 Å². The molecule has 0 spiro atoms. The number of halogens is 3. The lowest BCUT2D eigenvalue weighted by atomic mass is 10.2. The van der Waals surface area contributed by atoms with E-state index in [1.165, 1.54) is 22.3 Å². The summed E-state index contributed by atoms with van der Waals surface area (Å²) >= 11 is 1.37. The lowest BCUT2D eigenvalue weighted by Crippen LogP contribution is -2.39. The molecule has 0 N–H and O–H groups in total. The Kier molecular flexibility index (Phi) is 9.15. The van der Waals surface area contributed by atoms with Crippen LogP contribution in [0, 0.1) is 11.6 Å². The van der Waals surface area contributed by atoms with Crippen molar-refractivity contribution in [3.8, 4) is 5.75 Å². The maximum atomic E-state index is 13.7. The summed E-state index contributed by atoms with van der Waals surface area (Å²) in [7, 11) is 0. The molecule has 0 saturated carbocycles. The van der Waals surface area contributed by atoms with Crippen molar-refractivity contribution in [2.75, 3.05) is 37.7 Å². The smallest absolute Gasteiger partial charge is 0.260 e. The van der Waals surface area contributed by atoms with Crippen LogP contribution in [0.5, 0.6) is 5.75 Å². The molecule has 0 aliphatic carbocycles. The van der Waals surface area contributed by atoms with Gasteiger partial charge >= 0.3 is 0 Å². The minimum Gasteiger partial charge on any atom is -0.494 e. The Labute approximate surface area is 191 Å². The molecule has 1 aromatic heterocycles. The molecule has 1 heterocycles. The molecule has 0 atom stereocenters. The number of rotatable bonds is 9. The second-order valence-corrected chi connectivity index (χ2v) is 7.68. The molecule has 0 fully saturated rings. The molecule has 0 radical (unpaired) electrons. The number of hydrogen-bond acceptors (Lipinski definition) is 5. The van der Waals surface area contributed by atoms with Crippen molar-refractivity contribution in [3.63, 3.8) is 0 Å². The Morgan fingerprint density at radius 2 is 1.77 bits per heavy atom. The number of thiazole rings is 1. The van der Waals surface area contributed by atoms with E-state index >= 15 is 0 Å². The first-order valence-corrected chi connectivity index (χ1v) is 10.8. The van der Waals surface area contributed by atoms with Gasteiger partial charge < -0.3 is 9.64 Å². The van der Waals surface area contributed by atoms with Crippen LogP contribution in [0.2, 0.25) is 0 Å². The highest BCUT2D eigenvalue weighted by molar-refractivity contribution is 7.22. The summed E-state index contributed by atoms with van der Waals surface area (Å²) in [6.07, 6.45) is 0. The SMILES string of the molecule is CCOc1ccc2nc(N(CCN(CC)CC)C(=O)c3ccc(F)c(F)c3)sc2c1.Cl. The predicted octanol–water partition coefficient (Wildman–Crippen LogP) is 5.38. The minimum atomic E-state index is -1.05. The van der Waals surface area contributed by atoms with Gasteiger partial charge in [-0.1, -0.05) is 25.2 Å². The summed E-state index contributed by atoms with van der Waals surface area (Å²) in [6, 6.07) is 8.79. The number of likely N-dealkylation sites (N-methyl/N-ethyl adjacent to an activating group) is 1. The molecule has 0 aliphatic heterocycles. The summed E-state index contributed by atoms with van der Waals surface area (Å²) in [5, 5.41) is 0.514. The van der Waals surface area contributed by atoms with Crippen LogP contribution in [-0.2, 0) is 0 Å². The van der Waals surface area contributed by atoms with Gasteiger partial charge in [0.1, 0.15) is 5.75 Å². The second-order valence-electron chi connectivity index (χ2n) is 6.67. The average molecular weight is 470 g/mol. The second kappa shape index (κ2) is 11.4. The largest absolute Gasteiger partial charge is 0.494 e. The number of carbonyl (C=O) groups excluding carboxylic acids is 1. The number of fused-ring (bicyclic) bond motifs is 1. The van der Waals surface area contributed by atoms with E-state index in [0.717, 1.165) is 41.2 Å². The van der Waals surface area contributed by atoms with E-state index in [4.69, 9.17) is 4.74 Å². The highest BCUT2D eigenvalue weighted by atomic mass is 35.5. The minimum absolute atomic E-state index is 0. The van der Waals surface area contributed by atoms with Crippen LogP contribution in [-0.4, -0.2) is 48.6 Å². The van der Waals surface area contributed by atoms with Gasteiger partial charge in [-0.05, 0) is 56.4 Å². The zero-order valence-electron chi connectivity index (χ0n) is 17.7. The van der Waals surface area contributed by atoms with Crippen molar-refractivity contribution in [1.29, 1.82) is 0 Å². The molecule has 9 heteroatoms. The summed E-state index contributed by atoms with van der Waals surface area (Å²) in [4.78, 5) is 21.5. The van der Waals surface area contributed by atoms with Gasteiger partial charge in [-0.15, -0.1) is 12.4 Å². The molecule has 2 aromatic carbocycles. The fraction of sp³-hybridized carbons (Fsp3) is 0.364. The Morgan fingerprint density at radius 3 is 2.42 bits per heavy atom. The number of nitrogens with zero attached hydrogens (tertiary/aromatic N) is 3. The number of benzene rings is 2. The zero-order chi connectivity index (χ0) is 21.7. The Balaban J connectivity index is 0.00000341. The first-order chi connectivity index (χ1) is 14.5. The van der Waals surface area contributed by atoms with Crippen LogP contribution in [0.25, 0.3) is 10.2 Å². The van der Waals surface area contributed by atoms with Crippen LogP contribution in [0.4, 0.5) is 13.9 Å². The number of amides is 1. The van der Waals surface area contributed by atoms with Crippen molar-refractivity contribution < 1.29 is 18.3 Å². The van der Waals surface area contributed by atoms with Gasteiger partial charge in [0.15, 0.2) is 16.8 Å². The van der Waals surface area contributed by atoms with Gasteiger partial charge in [0.05, 0.1) is 16.8 Å². The van der Waals surface area contributed by atoms with Gasteiger partial charge in [-0.2, -0.15) is 0 Å². The third-order valence-corrected chi connectivity index (χ3v) is 5.88. The predicted molar refractivity (Wildman–Crippen MR) is 124 cm³/mol. The Morgan fingerprint density at radius 1 is 1.03 bits per heavy atom. The fourth-order valence-corrected chi connectivity index (χ4v) is 4.13. The lowest BCUT2D eigenvalue weighted by molar-refractivity contribution is 0.0983. The van der Waals surface area contributed by atoms with E-state index in [0.29, 0.717) is 24.8 Å². The first-order valence-electron chi connectivity index (χ1n) is 9.99. The molecule has 0 bridgehead atoms. The maximum Gasteiger partial charge on any atom is 0.260 e. The summed E-state index contributed by atoms with van der Waals surface area (Å²) < 4.78 is 33.5. The molecular weight excluding hydrogens is 444 g/mol. The third-order valence-electron chi connectivity index (χ3n) is 4.84. The molecule has 3 rings (SSSR count). The van der Waals surface area contributed by atoms with Crippen molar-refractivity contribution in [2.24, 2.45) is 0 Å². The molecule has 0 unspecified atom stereocenters. The number of ether oxygens (including phenoxy) is 1. The van der Waals surface area contributed by atoms with E-state index in [-0.39, 0.29) is 18.0 Å². The molecular formula is C22H26ClF2N3O2S. The number of aromatic nitrogens is 1. The fourth-order valence-electron chi connectivity index (χ4n) is 3.11. The van der Waals surface area contributed by atoms with Gasteiger partial charge in [0.25, 0.3) is 5.91 Å². The topological polar surface area (TPSA) is 45.7 Å². The molecule has 31 heavy (non-hydrogen) atoms. The van der Waals surface area contributed by atoms with E-state index in [1.807, 2.05) is 25.1 Å². The Hall–Kier alpha value is -2.29. The van der Waals surface area contributed by atoms with Crippen LogP contribution in [0.3, 0.4) is 0 Å². The van der Waals surface area contributed by atoms with Crippen molar-refractivity contribution in [2.45, 2.75) is 20.8 Å². The van der Waals surface area contributed by atoms with E-state index < -0.39 is 17.5 Å². The van der Waals surface area contributed by atoms with E-state index in [1.54, 1.807) is 0 Å². The number of carbonyl (C=O) groups is 1. The van der Waals surface area contributed by atoms with Crippen molar-refractivity contribution >= 4 is 45.0 Å². The van der Waals surface area contributed by atoms with Crippen LogP contribution < -0.4 is 9.64 Å². The zero-order valence-corrected chi connectivity index (χ0v) is 19.4. The Bertz CT molecular complexity index is 1030. The highest BCUT2D eigenvalue weighted by Crippen LogP contribution is 2.32. The number of hydrogen-bond donors (Lipinski definition) is 0. The standard InChI is InChI=1S/C22H25F2N3O2S.ClH/c1-4-26(5-2)11-12-27(21(28)15-7-9-17(23)18(24)13-15)22-25-19-10-8-16(29-6-3)14-20(19)30-22;/h7-10,13-14H,4-6,11-12H2,1-3H3;1H. The van der Waals surface area contributed by atoms with Gasteiger partial charge in [0.2, 0.25) is 0 Å². The third kappa shape index (κ3) is 5.90. The first kappa shape index (κ1) is 25.0. The molecule has 5 nitrogen and oxygen atoms in total. The summed E-state index contributed by atoms with van der Waals surface area (Å²) in [5.74, 6) is -1.70.